The normalized spacial score (nSPS) is 59.0. The van der Waals surface area contributed by atoms with Crippen LogP contribution >= 0.6 is 0 Å². The minimum absolute atomic E-state index is 0.00963. The molecule has 2 aliphatic heterocycles. The molecule has 7 atom stereocenters. The number of aliphatic hydroxyl groups is 1. The third kappa shape index (κ3) is 1.34. The SMILES string of the molecule is C=C1C(=O)OC2C1CC1C(CCC1(C)O)C1(C)OC21. The molecule has 104 valence electrons. The van der Waals surface area contributed by atoms with Crippen molar-refractivity contribution in [2.45, 2.75) is 56.5 Å². The van der Waals surface area contributed by atoms with Gasteiger partial charge in [-0.1, -0.05) is 6.58 Å². The smallest absolute Gasteiger partial charge is 0.334 e. The van der Waals surface area contributed by atoms with Crippen LogP contribution < -0.4 is 0 Å². The van der Waals surface area contributed by atoms with Crippen molar-refractivity contribution in [3.05, 3.63) is 12.2 Å². The molecule has 0 aromatic heterocycles. The molecule has 0 radical (unpaired) electrons. The van der Waals surface area contributed by atoms with E-state index in [9.17, 15) is 9.90 Å². The van der Waals surface area contributed by atoms with Crippen LogP contribution in [0.1, 0.15) is 33.1 Å². The van der Waals surface area contributed by atoms with Gasteiger partial charge in [0.25, 0.3) is 0 Å². The van der Waals surface area contributed by atoms with Crippen LogP contribution in [0.25, 0.3) is 0 Å². The van der Waals surface area contributed by atoms with Gasteiger partial charge in [-0.15, -0.1) is 0 Å². The van der Waals surface area contributed by atoms with Gasteiger partial charge in [-0.25, -0.2) is 4.79 Å². The number of carbonyl (C=O) groups is 1. The van der Waals surface area contributed by atoms with E-state index in [4.69, 9.17) is 9.47 Å². The first kappa shape index (κ1) is 11.9. The summed E-state index contributed by atoms with van der Waals surface area (Å²) in [6.07, 6.45) is 2.40. The van der Waals surface area contributed by atoms with E-state index in [-0.39, 0.29) is 35.6 Å². The largest absolute Gasteiger partial charge is 0.455 e. The molecule has 2 saturated carbocycles. The van der Waals surface area contributed by atoms with E-state index in [0.717, 1.165) is 19.3 Å². The Bertz CT molecular complexity index is 483. The molecular formula is C15H20O4. The lowest BCUT2D eigenvalue weighted by molar-refractivity contribution is -0.140. The van der Waals surface area contributed by atoms with Gasteiger partial charge in [0, 0.05) is 11.5 Å². The van der Waals surface area contributed by atoms with Crippen molar-refractivity contribution in [3.63, 3.8) is 0 Å². The zero-order valence-corrected chi connectivity index (χ0v) is 11.4. The third-order valence-corrected chi connectivity index (χ3v) is 6.03. The van der Waals surface area contributed by atoms with Gasteiger partial charge >= 0.3 is 5.97 Å². The summed E-state index contributed by atoms with van der Waals surface area (Å²) in [5, 5.41) is 10.6. The molecule has 7 unspecified atom stereocenters. The van der Waals surface area contributed by atoms with Gasteiger partial charge in [0.05, 0.1) is 11.2 Å². The van der Waals surface area contributed by atoms with Crippen molar-refractivity contribution in [2.24, 2.45) is 17.8 Å². The molecule has 2 aliphatic carbocycles. The van der Waals surface area contributed by atoms with E-state index < -0.39 is 5.60 Å². The molecule has 4 fully saturated rings. The van der Waals surface area contributed by atoms with Crippen molar-refractivity contribution in [2.75, 3.05) is 0 Å². The fourth-order valence-electron chi connectivity index (χ4n) is 4.76. The maximum absolute atomic E-state index is 11.7. The summed E-state index contributed by atoms with van der Waals surface area (Å²) in [6.45, 7) is 7.91. The summed E-state index contributed by atoms with van der Waals surface area (Å²) in [4.78, 5) is 11.7. The van der Waals surface area contributed by atoms with E-state index >= 15 is 0 Å². The summed E-state index contributed by atoms with van der Waals surface area (Å²) < 4.78 is 11.4. The van der Waals surface area contributed by atoms with Crippen LogP contribution in [-0.2, 0) is 14.3 Å². The van der Waals surface area contributed by atoms with Crippen LogP contribution in [0.4, 0.5) is 0 Å². The number of esters is 1. The number of carbonyl (C=O) groups excluding carboxylic acids is 1. The molecule has 0 bridgehead atoms. The van der Waals surface area contributed by atoms with E-state index in [1.807, 2.05) is 6.92 Å². The third-order valence-electron chi connectivity index (χ3n) is 6.03. The van der Waals surface area contributed by atoms with Gasteiger partial charge in [-0.05, 0) is 44.9 Å². The standard InChI is InChI=1S/C15H20O4/c1-7-8-6-10-9(4-5-14(10,2)17)15(3)12(19-15)11(8)18-13(7)16/h8-12,17H,1,4-6H2,2-3H3. The van der Waals surface area contributed by atoms with Crippen LogP contribution in [0.2, 0.25) is 0 Å². The number of epoxide rings is 1. The summed E-state index contributed by atoms with van der Waals surface area (Å²) in [5.74, 6) is 0.260. The fourth-order valence-corrected chi connectivity index (χ4v) is 4.76. The first-order valence-electron chi connectivity index (χ1n) is 7.14. The summed E-state index contributed by atoms with van der Waals surface area (Å²) in [5.41, 5.74) is -0.327. The Balaban J connectivity index is 1.76. The lowest BCUT2D eigenvalue weighted by Crippen LogP contribution is -2.36. The minimum Gasteiger partial charge on any atom is -0.455 e. The van der Waals surface area contributed by atoms with Crippen LogP contribution in [0.15, 0.2) is 12.2 Å². The van der Waals surface area contributed by atoms with Crippen molar-refractivity contribution >= 4 is 5.97 Å². The first-order valence-corrected chi connectivity index (χ1v) is 7.14. The van der Waals surface area contributed by atoms with Gasteiger partial charge in [0.15, 0.2) is 0 Å². The number of fused-ring (bicyclic) bond motifs is 5. The molecule has 2 heterocycles. The maximum atomic E-state index is 11.7. The molecule has 0 amide bonds. The Hall–Kier alpha value is -0.870. The molecule has 0 aromatic carbocycles. The van der Waals surface area contributed by atoms with Gasteiger partial charge in [0.2, 0.25) is 0 Å². The monoisotopic (exact) mass is 264 g/mol. The Morgan fingerprint density at radius 3 is 2.84 bits per heavy atom. The van der Waals surface area contributed by atoms with Gasteiger partial charge in [-0.3, -0.25) is 0 Å². The first-order chi connectivity index (χ1) is 8.84. The molecule has 2 saturated heterocycles. The number of hydrogen-bond donors (Lipinski definition) is 1. The topological polar surface area (TPSA) is 59.1 Å². The second kappa shape index (κ2) is 3.23. The predicted octanol–water partition coefficient (Wildman–Crippen LogP) is 1.42. The Morgan fingerprint density at radius 1 is 1.37 bits per heavy atom. The Kier molecular flexibility index (Phi) is 2.03. The van der Waals surface area contributed by atoms with Crippen molar-refractivity contribution in [1.29, 1.82) is 0 Å². The Labute approximate surface area is 112 Å². The Morgan fingerprint density at radius 2 is 2.11 bits per heavy atom. The second-order valence-electron chi connectivity index (χ2n) is 7.07. The van der Waals surface area contributed by atoms with Crippen LogP contribution in [-0.4, -0.2) is 34.5 Å². The van der Waals surface area contributed by atoms with Crippen LogP contribution in [0, 0.1) is 17.8 Å². The predicted molar refractivity (Wildman–Crippen MR) is 67.2 cm³/mol. The van der Waals surface area contributed by atoms with E-state index in [1.165, 1.54) is 0 Å². The zero-order valence-electron chi connectivity index (χ0n) is 11.4. The molecule has 19 heavy (non-hydrogen) atoms. The zero-order chi connectivity index (χ0) is 13.6. The number of hydrogen-bond acceptors (Lipinski definition) is 4. The minimum atomic E-state index is -0.662. The molecule has 4 aliphatic rings. The van der Waals surface area contributed by atoms with E-state index in [2.05, 4.69) is 13.5 Å². The maximum Gasteiger partial charge on any atom is 0.334 e. The van der Waals surface area contributed by atoms with Crippen molar-refractivity contribution < 1.29 is 19.4 Å². The summed E-state index contributed by atoms with van der Waals surface area (Å²) in [6, 6.07) is 0. The van der Waals surface area contributed by atoms with Crippen LogP contribution in [0.5, 0.6) is 0 Å². The summed E-state index contributed by atoms with van der Waals surface area (Å²) >= 11 is 0. The van der Waals surface area contributed by atoms with Crippen molar-refractivity contribution in [3.8, 4) is 0 Å². The molecule has 4 nitrogen and oxygen atoms in total. The summed E-state index contributed by atoms with van der Waals surface area (Å²) in [7, 11) is 0. The van der Waals surface area contributed by atoms with Gasteiger partial charge in [-0.2, -0.15) is 0 Å². The molecule has 0 spiro atoms. The van der Waals surface area contributed by atoms with E-state index in [0.29, 0.717) is 11.5 Å². The molecule has 4 rings (SSSR count). The van der Waals surface area contributed by atoms with Crippen molar-refractivity contribution in [1.82, 2.24) is 0 Å². The van der Waals surface area contributed by atoms with Crippen LogP contribution in [0.3, 0.4) is 0 Å². The molecule has 4 heteroatoms. The molecule has 0 aromatic rings. The van der Waals surface area contributed by atoms with Gasteiger partial charge in [0.1, 0.15) is 12.2 Å². The van der Waals surface area contributed by atoms with E-state index in [1.54, 1.807) is 0 Å². The average molecular weight is 264 g/mol. The highest BCUT2D eigenvalue weighted by molar-refractivity contribution is 5.91. The quantitative estimate of drug-likeness (QED) is 0.408. The lowest BCUT2D eigenvalue weighted by Gasteiger charge is -2.31. The highest BCUT2D eigenvalue weighted by Crippen LogP contribution is 2.62. The fraction of sp³-hybridized carbons (Fsp3) is 0.800. The average Bonchev–Trinajstić information content (AvgIpc) is 2.83. The highest BCUT2D eigenvalue weighted by atomic mass is 16.6. The molecule has 1 N–H and O–H groups in total. The number of ether oxygens (including phenoxy) is 2. The molecular weight excluding hydrogens is 244 g/mol. The highest BCUT2D eigenvalue weighted by Gasteiger charge is 2.71. The van der Waals surface area contributed by atoms with Gasteiger partial charge < -0.3 is 14.6 Å². The second-order valence-corrected chi connectivity index (χ2v) is 7.07. The lowest BCUT2D eigenvalue weighted by atomic mass is 9.77. The number of rotatable bonds is 0.